The molecular weight excluding hydrogens is 294 g/mol. The highest BCUT2D eigenvalue weighted by atomic mass is 16.5. The van der Waals surface area contributed by atoms with Gasteiger partial charge in [0.2, 0.25) is 5.91 Å². The number of carbonyl (C=O) groups is 2. The summed E-state index contributed by atoms with van der Waals surface area (Å²) in [6, 6.07) is -0.552. The fourth-order valence-electron chi connectivity index (χ4n) is 3.31. The van der Waals surface area contributed by atoms with Crippen LogP contribution in [0.4, 0.5) is 0 Å². The van der Waals surface area contributed by atoms with E-state index in [9.17, 15) is 14.7 Å². The van der Waals surface area contributed by atoms with Gasteiger partial charge in [-0.2, -0.15) is 0 Å². The molecule has 1 aliphatic carbocycles. The number of rotatable bonds is 7. The highest BCUT2D eigenvalue weighted by Gasteiger charge is 2.37. The second-order valence-electron chi connectivity index (χ2n) is 7.22. The highest BCUT2D eigenvalue weighted by Crippen LogP contribution is 2.28. The van der Waals surface area contributed by atoms with E-state index in [1.54, 1.807) is 4.90 Å². The fourth-order valence-corrected chi connectivity index (χ4v) is 3.31. The Morgan fingerprint density at radius 3 is 2.35 bits per heavy atom. The number of aliphatic hydroxyl groups is 1. The molecule has 0 heterocycles. The van der Waals surface area contributed by atoms with Crippen molar-refractivity contribution >= 4 is 11.9 Å². The molecule has 0 radical (unpaired) electrons. The van der Waals surface area contributed by atoms with Gasteiger partial charge in [-0.15, -0.1) is 0 Å². The summed E-state index contributed by atoms with van der Waals surface area (Å²) in [7, 11) is 0. The van der Waals surface area contributed by atoms with E-state index in [1.807, 2.05) is 34.6 Å². The van der Waals surface area contributed by atoms with Gasteiger partial charge in [0.15, 0.2) is 0 Å². The number of nitrogens with zero attached hydrogens (tertiary/aromatic N) is 1. The number of hydrogen-bond donors (Lipinski definition) is 1. The predicted octanol–water partition coefficient (Wildman–Crippen LogP) is 2.75. The van der Waals surface area contributed by atoms with Gasteiger partial charge in [0.25, 0.3) is 0 Å². The molecule has 1 saturated carbocycles. The molecule has 1 amide bonds. The maximum absolute atomic E-state index is 13.0. The summed E-state index contributed by atoms with van der Waals surface area (Å²) in [6.45, 7) is 10.1. The minimum atomic E-state index is -0.552. The summed E-state index contributed by atoms with van der Waals surface area (Å²) >= 11 is 0. The van der Waals surface area contributed by atoms with Crippen LogP contribution in [0, 0.1) is 11.8 Å². The summed E-state index contributed by atoms with van der Waals surface area (Å²) < 4.78 is 5.38. The zero-order chi connectivity index (χ0) is 17.6. The van der Waals surface area contributed by atoms with Crippen LogP contribution in [0.15, 0.2) is 0 Å². The van der Waals surface area contributed by atoms with Crippen LogP contribution in [-0.2, 0) is 14.3 Å². The van der Waals surface area contributed by atoms with E-state index in [0.717, 1.165) is 25.7 Å². The number of esters is 1. The maximum atomic E-state index is 13.0. The zero-order valence-electron chi connectivity index (χ0n) is 15.2. The van der Waals surface area contributed by atoms with Gasteiger partial charge >= 0.3 is 5.97 Å². The Labute approximate surface area is 140 Å². The van der Waals surface area contributed by atoms with Crippen molar-refractivity contribution in [3.05, 3.63) is 0 Å². The van der Waals surface area contributed by atoms with Crippen LogP contribution in [0.5, 0.6) is 0 Å². The fraction of sp³-hybridized carbons (Fsp3) is 0.889. The van der Waals surface area contributed by atoms with E-state index in [-0.39, 0.29) is 29.8 Å². The van der Waals surface area contributed by atoms with Gasteiger partial charge in [0.05, 0.1) is 12.2 Å². The van der Waals surface area contributed by atoms with E-state index < -0.39 is 12.1 Å². The lowest BCUT2D eigenvalue weighted by molar-refractivity contribution is -0.162. The Bertz CT molecular complexity index is 394. The first-order valence-corrected chi connectivity index (χ1v) is 8.96. The molecule has 23 heavy (non-hydrogen) atoms. The Morgan fingerprint density at radius 1 is 1.22 bits per heavy atom. The number of aliphatic hydroxyl groups excluding tert-OH is 1. The third kappa shape index (κ3) is 5.79. The zero-order valence-corrected chi connectivity index (χ0v) is 15.2. The lowest BCUT2D eigenvalue weighted by Crippen LogP contribution is -2.52. The van der Waals surface area contributed by atoms with E-state index in [1.165, 1.54) is 0 Å². The minimum Gasteiger partial charge on any atom is -0.461 e. The molecule has 3 atom stereocenters. The molecule has 1 rings (SSSR count). The van der Waals surface area contributed by atoms with Crippen LogP contribution in [0.2, 0.25) is 0 Å². The average molecular weight is 327 g/mol. The molecule has 0 aromatic rings. The van der Waals surface area contributed by atoms with Crippen LogP contribution < -0.4 is 0 Å². The maximum Gasteiger partial charge on any atom is 0.329 e. The SMILES string of the molecule is CCCN(C(=O)C1CCCC(O)C1)[C@H](C(=O)OC(C)C)C(C)C. The molecule has 0 aromatic carbocycles. The largest absolute Gasteiger partial charge is 0.461 e. The summed E-state index contributed by atoms with van der Waals surface area (Å²) in [5, 5.41) is 9.85. The molecule has 2 unspecified atom stereocenters. The molecule has 134 valence electrons. The Hall–Kier alpha value is -1.10. The molecule has 5 nitrogen and oxygen atoms in total. The summed E-state index contributed by atoms with van der Waals surface area (Å²) in [4.78, 5) is 27.2. The lowest BCUT2D eigenvalue weighted by atomic mass is 9.85. The van der Waals surface area contributed by atoms with Crippen molar-refractivity contribution in [3.63, 3.8) is 0 Å². The molecule has 0 saturated heterocycles. The van der Waals surface area contributed by atoms with Crippen molar-refractivity contribution in [1.82, 2.24) is 4.90 Å². The second-order valence-corrected chi connectivity index (χ2v) is 7.22. The summed E-state index contributed by atoms with van der Waals surface area (Å²) in [5.41, 5.74) is 0. The monoisotopic (exact) mass is 327 g/mol. The number of carbonyl (C=O) groups excluding carboxylic acids is 2. The first-order valence-electron chi connectivity index (χ1n) is 8.96. The average Bonchev–Trinajstić information content (AvgIpc) is 2.44. The minimum absolute atomic E-state index is 0.00901. The Kier molecular flexibility index (Phi) is 8.03. The van der Waals surface area contributed by atoms with Gasteiger partial charge in [-0.1, -0.05) is 27.2 Å². The third-order valence-corrected chi connectivity index (χ3v) is 4.30. The highest BCUT2D eigenvalue weighted by molar-refractivity contribution is 5.86. The molecular formula is C18H33NO4. The van der Waals surface area contributed by atoms with Gasteiger partial charge in [0.1, 0.15) is 6.04 Å². The van der Waals surface area contributed by atoms with Crippen LogP contribution in [0.3, 0.4) is 0 Å². The van der Waals surface area contributed by atoms with Gasteiger partial charge in [-0.05, 0) is 45.4 Å². The molecule has 1 aliphatic rings. The molecule has 1 fully saturated rings. The van der Waals surface area contributed by atoms with Crippen molar-refractivity contribution in [2.75, 3.05) is 6.54 Å². The van der Waals surface area contributed by atoms with Crippen LogP contribution in [-0.4, -0.2) is 46.7 Å². The first kappa shape index (κ1) is 19.9. The van der Waals surface area contributed by atoms with Crippen LogP contribution >= 0.6 is 0 Å². The third-order valence-electron chi connectivity index (χ3n) is 4.30. The van der Waals surface area contributed by atoms with Gasteiger partial charge in [-0.25, -0.2) is 4.79 Å². The van der Waals surface area contributed by atoms with Crippen LogP contribution in [0.1, 0.15) is 66.7 Å². The number of amides is 1. The molecule has 0 bridgehead atoms. The van der Waals surface area contributed by atoms with Gasteiger partial charge in [-0.3, -0.25) is 4.79 Å². The molecule has 1 N–H and O–H groups in total. The van der Waals surface area contributed by atoms with Gasteiger partial charge in [0, 0.05) is 12.5 Å². The van der Waals surface area contributed by atoms with E-state index in [4.69, 9.17) is 4.74 Å². The normalized spacial score (nSPS) is 23.0. The molecule has 0 spiro atoms. The quantitative estimate of drug-likeness (QED) is 0.730. The van der Waals surface area contributed by atoms with E-state index in [0.29, 0.717) is 13.0 Å². The topological polar surface area (TPSA) is 66.8 Å². The molecule has 0 aromatic heterocycles. The van der Waals surface area contributed by atoms with E-state index >= 15 is 0 Å². The predicted molar refractivity (Wildman–Crippen MR) is 89.8 cm³/mol. The number of ether oxygens (including phenoxy) is 1. The summed E-state index contributed by atoms with van der Waals surface area (Å²) in [5.74, 6) is -0.526. The lowest BCUT2D eigenvalue weighted by Gasteiger charge is -2.37. The smallest absolute Gasteiger partial charge is 0.329 e. The molecule has 0 aliphatic heterocycles. The number of hydrogen-bond acceptors (Lipinski definition) is 4. The van der Waals surface area contributed by atoms with E-state index in [2.05, 4.69) is 0 Å². The van der Waals surface area contributed by atoms with Crippen molar-refractivity contribution in [3.8, 4) is 0 Å². The van der Waals surface area contributed by atoms with Crippen LogP contribution in [0.25, 0.3) is 0 Å². The summed E-state index contributed by atoms with van der Waals surface area (Å²) in [6.07, 6.45) is 3.11. The Morgan fingerprint density at radius 2 is 1.87 bits per heavy atom. The molecule has 5 heteroatoms. The Balaban J connectivity index is 2.94. The van der Waals surface area contributed by atoms with Gasteiger partial charge < -0.3 is 14.7 Å². The van der Waals surface area contributed by atoms with Crippen molar-refractivity contribution in [1.29, 1.82) is 0 Å². The second kappa shape index (κ2) is 9.26. The van der Waals surface area contributed by atoms with Crippen molar-refractivity contribution in [2.24, 2.45) is 11.8 Å². The van der Waals surface area contributed by atoms with Crippen molar-refractivity contribution in [2.45, 2.75) is 85.0 Å². The first-order chi connectivity index (χ1) is 10.8. The standard InChI is InChI=1S/C18H33NO4/c1-6-10-19(16(12(2)3)18(22)23-13(4)5)17(21)14-8-7-9-15(20)11-14/h12-16,20H,6-11H2,1-5H3/t14?,15?,16-/m0/s1. The van der Waals surface area contributed by atoms with Crippen molar-refractivity contribution < 1.29 is 19.4 Å².